The van der Waals surface area contributed by atoms with Crippen molar-refractivity contribution in [1.82, 2.24) is 14.9 Å². The Hall–Kier alpha value is -1.76. The first-order valence-electron chi connectivity index (χ1n) is 5.94. The van der Waals surface area contributed by atoms with Crippen LogP contribution in [0.1, 0.15) is 27.8 Å². The molecular formula is C12H14N4O2S. The number of nitrogens with one attached hydrogen (secondary N) is 1. The van der Waals surface area contributed by atoms with Crippen LogP contribution >= 0.6 is 11.8 Å². The molecule has 0 saturated heterocycles. The largest absolute Gasteiger partial charge is 0.361 e. The van der Waals surface area contributed by atoms with Crippen molar-refractivity contribution >= 4 is 23.5 Å². The maximum atomic E-state index is 11.8. The van der Waals surface area contributed by atoms with E-state index in [4.69, 9.17) is 4.52 Å². The molecule has 1 N–H and O–H groups in total. The Morgan fingerprint density at radius 1 is 1.53 bits per heavy atom. The fourth-order valence-corrected chi connectivity index (χ4v) is 3.57. The van der Waals surface area contributed by atoms with Crippen LogP contribution in [0.2, 0.25) is 0 Å². The van der Waals surface area contributed by atoms with Gasteiger partial charge in [0.25, 0.3) is 0 Å². The van der Waals surface area contributed by atoms with E-state index in [2.05, 4.69) is 15.6 Å². The van der Waals surface area contributed by atoms with Gasteiger partial charge in [0.1, 0.15) is 11.6 Å². The molecule has 1 atom stereocenters. The van der Waals surface area contributed by atoms with Crippen molar-refractivity contribution in [3.05, 3.63) is 28.8 Å². The molecule has 3 rings (SSSR count). The SMILES string of the molecule is Cc1noc(C)c1[C@H]1SCC(=O)Nc2c1cnn2C. The van der Waals surface area contributed by atoms with Crippen LogP contribution in [-0.2, 0) is 11.8 Å². The summed E-state index contributed by atoms with van der Waals surface area (Å²) in [6, 6.07) is 0. The Morgan fingerprint density at radius 2 is 2.32 bits per heavy atom. The maximum absolute atomic E-state index is 11.8. The zero-order chi connectivity index (χ0) is 13.6. The number of rotatable bonds is 1. The number of hydrogen-bond donors (Lipinski definition) is 1. The summed E-state index contributed by atoms with van der Waals surface area (Å²) in [5.41, 5.74) is 2.89. The molecule has 100 valence electrons. The van der Waals surface area contributed by atoms with Crippen LogP contribution in [0.15, 0.2) is 10.7 Å². The van der Waals surface area contributed by atoms with Gasteiger partial charge in [0.2, 0.25) is 5.91 Å². The van der Waals surface area contributed by atoms with Gasteiger partial charge in [-0.2, -0.15) is 5.10 Å². The van der Waals surface area contributed by atoms with Gasteiger partial charge in [0, 0.05) is 18.2 Å². The Labute approximate surface area is 114 Å². The average Bonchev–Trinajstić information content (AvgIpc) is 2.82. The molecule has 0 aromatic carbocycles. The zero-order valence-corrected chi connectivity index (χ0v) is 11.7. The van der Waals surface area contributed by atoms with E-state index in [-0.39, 0.29) is 11.2 Å². The quantitative estimate of drug-likeness (QED) is 0.861. The molecule has 7 heteroatoms. The summed E-state index contributed by atoms with van der Waals surface area (Å²) in [6.45, 7) is 3.81. The van der Waals surface area contributed by atoms with E-state index in [1.165, 1.54) is 0 Å². The number of nitrogens with zero attached hydrogens (tertiary/aromatic N) is 3. The minimum Gasteiger partial charge on any atom is -0.361 e. The monoisotopic (exact) mass is 278 g/mol. The highest BCUT2D eigenvalue weighted by Gasteiger charge is 2.30. The minimum absolute atomic E-state index is 0.0101. The number of aromatic nitrogens is 3. The second-order valence-electron chi connectivity index (χ2n) is 4.55. The number of carbonyl (C=O) groups is 1. The van der Waals surface area contributed by atoms with Gasteiger partial charge in [-0.15, -0.1) is 11.8 Å². The molecule has 2 aromatic heterocycles. The Morgan fingerprint density at radius 3 is 3.00 bits per heavy atom. The molecule has 0 fully saturated rings. The van der Waals surface area contributed by atoms with E-state index in [0.717, 1.165) is 28.4 Å². The molecule has 1 aliphatic rings. The van der Waals surface area contributed by atoms with Crippen molar-refractivity contribution in [3.8, 4) is 0 Å². The Balaban J connectivity index is 2.15. The highest BCUT2D eigenvalue weighted by atomic mass is 32.2. The van der Waals surface area contributed by atoms with E-state index in [0.29, 0.717) is 5.75 Å². The van der Waals surface area contributed by atoms with E-state index in [9.17, 15) is 4.79 Å². The van der Waals surface area contributed by atoms with Crippen molar-refractivity contribution in [1.29, 1.82) is 0 Å². The van der Waals surface area contributed by atoms with Gasteiger partial charge in [-0.3, -0.25) is 9.48 Å². The van der Waals surface area contributed by atoms with Crippen LogP contribution in [0.5, 0.6) is 0 Å². The minimum atomic E-state index is -0.0101. The van der Waals surface area contributed by atoms with Crippen molar-refractivity contribution in [2.45, 2.75) is 19.1 Å². The summed E-state index contributed by atoms with van der Waals surface area (Å²) in [5, 5.41) is 11.1. The lowest BCUT2D eigenvalue weighted by Gasteiger charge is -2.13. The van der Waals surface area contributed by atoms with Gasteiger partial charge in [-0.25, -0.2) is 0 Å². The number of carbonyl (C=O) groups excluding carboxylic acids is 1. The lowest BCUT2D eigenvalue weighted by atomic mass is 10.1. The molecule has 1 amide bonds. The molecule has 0 aliphatic carbocycles. The van der Waals surface area contributed by atoms with Gasteiger partial charge in [-0.1, -0.05) is 5.16 Å². The zero-order valence-electron chi connectivity index (χ0n) is 10.9. The third-order valence-electron chi connectivity index (χ3n) is 3.24. The highest BCUT2D eigenvalue weighted by Crippen LogP contribution is 2.43. The predicted octanol–water partition coefficient (Wildman–Crippen LogP) is 1.80. The van der Waals surface area contributed by atoms with Gasteiger partial charge in [0.15, 0.2) is 0 Å². The molecule has 0 spiro atoms. The first-order valence-corrected chi connectivity index (χ1v) is 6.99. The van der Waals surface area contributed by atoms with E-state index >= 15 is 0 Å². The number of hydrogen-bond acceptors (Lipinski definition) is 5. The Bertz CT molecular complexity index is 627. The molecule has 6 nitrogen and oxygen atoms in total. The lowest BCUT2D eigenvalue weighted by molar-refractivity contribution is -0.113. The molecule has 0 unspecified atom stereocenters. The summed E-state index contributed by atoms with van der Waals surface area (Å²) < 4.78 is 6.93. The van der Waals surface area contributed by atoms with Crippen molar-refractivity contribution < 1.29 is 9.32 Å². The summed E-state index contributed by atoms with van der Waals surface area (Å²) in [4.78, 5) is 11.8. The third-order valence-corrected chi connectivity index (χ3v) is 4.49. The summed E-state index contributed by atoms with van der Waals surface area (Å²) in [6.07, 6.45) is 1.80. The second kappa shape index (κ2) is 4.41. The van der Waals surface area contributed by atoms with Gasteiger partial charge < -0.3 is 9.84 Å². The molecule has 0 bridgehead atoms. The fourth-order valence-electron chi connectivity index (χ4n) is 2.32. The number of anilines is 1. The summed E-state index contributed by atoms with van der Waals surface area (Å²) in [5.74, 6) is 1.94. The summed E-state index contributed by atoms with van der Waals surface area (Å²) >= 11 is 1.57. The Kier molecular flexibility index (Phi) is 2.85. The van der Waals surface area contributed by atoms with Crippen LogP contribution in [0.4, 0.5) is 5.82 Å². The van der Waals surface area contributed by atoms with E-state index < -0.39 is 0 Å². The lowest BCUT2D eigenvalue weighted by Crippen LogP contribution is -2.15. The topological polar surface area (TPSA) is 73.0 Å². The van der Waals surface area contributed by atoms with Crippen LogP contribution < -0.4 is 5.32 Å². The maximum Gasteiger partial charge on any atom is 0.235 e. The van der Waals surface area contributed by atoms with Gasteiger partial charge in [0.05, 0.1) is 22.9 Å². The first kappa shape index (κ1) is 12.3. The standard InChI is InChI=1S/C12H14N4O2S/c1-6-10(7(2)18-15-6)11-8-4-13-16(3)12(8)14-9(17)5-19-11/h4,11H,5H2,1-3H3,(H,14,17)/t11-/m0/s1. The van der Waals surface area contributed by atoms with E-state index in [1.807, 2.05) is 20.9 Å². The molecule has 2 aromatic rings. The number of fused-ring (bicyclic) bond motifs is 1. The van der Waals surface area contributed by atoms with Crippen LogP contribution in [0.3, 0.4) is 0 Å². The van der Waals surface area contributed by atoms with Gasteiger partial charge in [-0.05, 0) is 13.8 Å². The van der Waals surface area contributed by atoms with E-state index in [1.54, 1.807) is 22.6 Å². The molecule has 0 radical (unpaired) electrons. The van der Waals surface area contributed by atoms with Crippen molar-refractivity contribution in [3.63, 3.8) is 0 Å². The van der Waals surface area contributed by atoms with Crippen molar-refractivity contribution in [2.24, 2.45) is 7.05 Å². The van der Waals surface area contributed by atoms with Crippen LogP contribution in [0, 0.1) is 13.8 Å². The van der Waals surface area contributed by atoms with Crippen LogP contribution in [0.25, 0.3) is 0 Å². The molecule has 1 aliphatic heterocycles. The fraction of sp³-hybridized carbons (Fsp3) is 0.417. The first-order chi connectivity index (χ1) is 9.08. The summed E-state index contributed by atoms with van der Waals surface area (Å²) in [7, 11) is 1.82. The smallest absolute Gasteiger partial charge is 0.235 e. The van der Waals surface area contributed by atoms with Crippen molar-refractivity contribution in [2.75, 3.05) is 11.1 Å². The second-order valence-corrected chi connectivity index (χ2v) is 5.64. The number of thioether (sulfide) groups is 1. The predicted molar refractivity (Wildman–Crippen MR) is 72.1 cm³/mol. The molecule has 3 heterocycles. The number of aryl methyl sites for hydroxylation is 3. The third kappa shape index (κ3) is 1.94. The van der Waals surface area contributed by atoms with Crippen LogP contribution in [-0.4, -0.2) is 26.6 Å². The van der Waals surface area contributed by atoms with Gasteiger partial charge >= 0.3 is 0 Å². The number of amides is 1. The molecule has 0 saturated carbocycles. The average molecular weight is 278 g/mol. The molecular weight excluding hydrogens is 264 g/mol. The molecule has 19 heavy (non-hydrogen) atoms. The highest BCUT2D eigenvalue weighted by molar-refractivity contribution is 8.00. The normalized spacial score (nSPS) is 18.9.